The molecular formula is C46H31N. The molecule has 47 heavy (non-hydrogen) atoms. The highest BCUT2D eigenvalue weighted by molar-refractivity contribution is 6.25. The molecule has 0 radical (unpaired) electrons. The molecule has 0 fully saturated rings. The molecule has 1 unspecified atom stereocenters. The van der Waals surface area contributed by atoms with Crippen LogP contribution in [0.4, 0.5) is 0 Å². The van der Waals surface area contributed by atoms with Crippen LogP contribution in [0.5, 0.6) is 0 Å². The third-order valence-corrected chi connectivity index (χ3v) is 10.3. The summed E-state index contributed by atoms with van der Waals surface area (Å²) in [6, 6.07) is 56.1. The van der Waals surface area contributed by atoms with Crippen molar-refractivity contribution in [2.75, 3.05) is 0 Å². The van der Waals surface area contributed by atoms with Crippen LogP contribution in [0.15, 0.2) is 170 Å². The van der Waals surface area contributed by atoms with E-state index in [0.717, 1.165) is 6.42 Å². The first-order chi connectivity index (χ1) is 23.3. The van der Waals surface area contributed by atoms with Crippen LogP contribution in [-0.2, 0) is 0 Å². The van der Waals surface area contributed by atoms with E-state index >= 15 is 0 Å². The van der Waals surface area contributed by atoms with Gasteiger partial charge >= 0.3 is 0 Å². The number of allylic oxidation sites excluding steroid dienone is 4. The Morgan fingerprint density at radius 3 is 1.77 bits per heavy atom. The molecule has 10 rings (SSSR count). The molecule has 1 heteroatoms. The normalized spacial score (nSPS) is 15.0. The lowest BCUT2D eigenvalue weighted by Gasteiger charge is -2.21. The summed E-state index contributed by atoms with van der Waals surface area (Å²) in [5.41, 5.74) is 7.70. The second-order valence-corrected chi connectivity index (χ2v) is 12.9. The molecule has 0 N–H and O–H groups in total. The SMILES string of the molecule is C1=CC(c2ccc3c4ccccc4c4ccccc4c3c2)CC(c2ccc(-n3c4ccccc4c4cc5ccccc5cc43)cc2)=C1. The van der Waals surface area contributed by atoms with Gasteiger partial charge in [-0.25, -0.2) is 0 Å². The van der Waals surface area contributed by atoms with Gasteiger partial charge in [0.15, 0.2) is 0 Å². The van der Waals surface area contributed by atoms with Gasteiger partial charge in [-0.05, 0) is 103 Å². The molecule has 8 aromatic carbocycles. The van der Waals surface area contributed by atoms with Gasteiger partial charge in [-0.1, -0.05) is 133 Å². The Morgan fingerprint density at radius 2 is 1.04 bits per heavy atom. The summed E-state index contributed by atoms with van der Waals surface area (Å²) in [7, 11) is 0. The lowest BCUT2D eigenvalue weighted by molar-refractivity contribution is 0.869. The van der Waals surface area contributed by atoms with Crippen LogP contribution >= 0.6 is 0 Å². The fourth-order valence-electron chi connectivity index (χ4n) is 8.04. The highest BCUT2D eigenvalue weighted by atomic mass is 15.0. The average Bonchev–Trinajstić information content (AvgIpc) is 3.47. The smallest absolute Gasteiger partial charge is 0.0547 e. The molecule has 1 aliphatic carbocycles. The highest BCUT2D eigenvalue weighted by Crippen LogP contribution is 2.40. The molecule has 0 bridgehead atoms. The Kier molecular flexibility index (Phi) is 5.77. The van der Waals surface area contributed by atoms with Crippen molar-refractivity contribution in [1.29, 1.82) is 0 Å². The topological polar surface area (TPSA) is 4.93 Å². The van der Waals surface area contributed by atoms with E-state index in [1.165, 1.54) is 87.3 Å². The van der Waals surface area contributed by atoms with Gasteiger partial charge in [-0.15, -0.1) is 0 Å². The minimum absolute atomic E-state index is 0.329. The Bertz CT molecular complexity index is 2720. The predicted molar refractivity (Wildman–Crippen MR) is 202 cm³/mol. The van der Waals surface area contributed by atoms with E-state index in [1.807, 2.05) is 0 Å². The van der Waals surface area contributed by atoms with Crippen LogP contribution < -0.4 is 0 Å². The van der Waals surface area contributed by atoms with Crippen molar-refractivity contribution in [3.8, 4) is 5.69 Å². The number of para-hydroxylation sites is 1. The van der Waals surface area contributed by atoms with Gasteiger partial charge < -0.3 is 4.57 Å². The van der Waals surface area contributed by atoms with Gasteiger partial charge in [0.1, 0.15) is 0 Å². The first kappa shape index (κ1) is 26.3. The summed E-state index contributed by atoms with van der Waals surface area (Å²) in [6.07, 6.45) is 7.89. The molecule has 9 aromatic rings. The van der Waals surface area contributed by atoms with Crippen LogP contribution in [0, 0.1) is 0 Å². The number of benzene rings is 8. The number of fused-ring (bicyclic) bond motifs is 10. The maximum atomic E-state index is 2.44. The molecule has 0 spiro atoms. The van der Waals surface area contributed by atoms with E-state index in [2.05, 4.69) is 174 Å². The summed E-state index contributed by atoms with van der Waals surface area (Å²) < 4.78 is 2.42. The van der Waals surface area contributed by atoms with E-state index in [1.54, 1.807) is 0 Å². The van der Waals surface area contributed by atoms with E-state index in [-0.39, 0.29) is 0 Å². The van der Waals surface area contributed by atoms with Gasteiger partial charge in [0.25, 0.3) is 0 Å². The zero-order chi connectivity index (χ0) is 30.9. The summed E-state index contributed by atoms with van der Waals surface area (Å²) in [4.78, 5) is 0. The van der Waals surface area contributed by atoms with Gasteiger partial charge in [-0.3, -0.25) is 0 Å². The summed E-state index contributed by atoms with van der Waals surface area (Å²) in [6.45, 7) is 0. The van der Waals surface area contributed by atoms with Crippen LogP contribution in [-0.4, -0.2) is 4.57 Å². The highest BCUT2D eigenvalue weighted by Gasteiger charge is 2.18. The molecule has 0 amide bonds. The Balaban J connectivity index is 1.02. The molecule has 0 saturated carbocycles. The Labute approximate surface area is 273 Å². The molecule has 1 heterocycles. The van der Waals surface area contributed by atoms with Crippen molar-refractivity contribution in [1.82, 2.24) is 4.57 Å². The van der Waals surface area contributed by atoms with Crippen LogP contribution in [0.2, 0.25) is 0 Å². The largest absolute Gasteiger partial charge is 0.309 e. The lowest BCUT2D eigenvalue weighted by Crippen LogP contribution is -2.01. The van der Waals surface area contributed by atoms with Gasteiger partial charge in [-0.2, -0.15) is 0 Å². The Morgan fingerprint density at radius 1 is 0.447 bits per heavy atom. The average molecular weight is 598 g/mol. The van der Waals surface area contributed by atoms with Crippen molar-refractivity contribution in [3.05, 3.63) is 181 Å². The second-order valence-electron chi connectivity index (χ2n) is 12.9. The third-order valence-electron chi connectivity index (χ3n) is 10.3. The van der Waals surface area contributed by atoms with Gasteiger partial charge in [0.05, 0.1) is 11.0 Å². The number of hydrogen-bond donors (Lipinski definition) is 0. The first-order valence-corrected chi connectivity index (χ1v) is 16.5. The molecule has 1 atom stereocenters. The van der Waals surface area contributed by atoms with Gasteiger partial charge in [0.2, 0.25) is 0 Å². The van der Waals surface area contributed by atoms with Crippen LogP contribution in [0.1, 0.15) is 23.5 Å². The molecule has 0 aliphatic heterocycles. The zero-order valence-electron chi connectivity index (χ0n) is 25.9. The van der Waals surface area contributed by atoms with E-state index in [4.69, 9.17) is 0 Å². The number of aromatic nitrogens is 1. The zero-order valence-corrected chi connectivity index (χ0v) is 25.9. The van der Waals surface area contributed by atoms with Crippen molar-refractivity contribution in [3.63, 3.8) is 0 Å². The minimum Gasteiger partial charge on any atom is -0.309 e. The summed E-state index contributed by atoms with van der Waals surface area (Å²) >= 11 is 0. The maximum absolute atomic E-state index is 2.44. The van der Waals surface area contributed by atoms with Gasteiger partial charge in [0, 0.05) is 22.4 Å². The van der Waals surface area contributed by atoms with Crippen LogP contribution in [0.25, 0.3) is 76.2 Å². The van der Waals surface area contributed by atoms with Crippen molar-refractivity contribution in [2.45, 2.75) is 12.3 Å². The van der Waals surface area contributed by atoms with Crippen molar-refractivity contribution >= 4 is 70.5 Å². The first-order valence-electron chi connectivity index (χ1n) is 16.5. The Hall–Kier alpha value is -5.92. The molecule has 1 aliphatic rings. The fourth-order valence-corrected chi connectivity index (χ4v) is 8.04. The van der Waals surface area contributed by atoms with E-state index in [9.17, 15) is 0 Å². The molecule has 0 saturated heterocycles. The monoisotopic (exact) mass is 597 g/mol. The predicted octanol–water partition coefficient (Wildman–Crippen LogP) is 12.5. The summed E-state index contributed by atoms with van der Waals surface area (Å²) in [5.74, 6) is 0.329. The molecule has 220 valence electrons. The quantitative estimate of drug-likeness (QED) is 0.179. The lowest BCUT2D eigenvalue weighted by atomic mass is 9.84. The third kappa shape index (κ3) is 4.10. The molecule has 1 nitrogen and oxygen atoms in total. The maximum Gasteiger partial charge on any atom is 0.0547 e. The fraction of sp³-hybridized carbons (Fsp3) is 0.0435. The number of hydrogen-bond acceptors (Lipinski definition) is 0. The molecule has 1 aromatic heterocycles. The summed E-state index contributed by atoms with van der Waals surface area (Å²) in [5, 5.41) is 13.1. The van der Waals surface area contributed by atoms with E-state index < -0.39 is 0 Å². The standard InChI is InChI=1S/C46H31N/c1-2-11-34-29-46-44(28-33(34)10-1)42-18-7-8-19-45(42)47(46)36-23-20-30(21-24-36)31-12-9-13-32(26-31)35-22-25-41-39-16-4-3-14-37(39)38-15-5-6-17-40(38)43(41)27-35/h1-25,27-29,32H,26H2. The number of rotatable bonds is 3. The second kappa shape index (κ2) is 10.3. The minimum atomic E-state index is 0.329. The van der Waals surface area contributed by atoms with Crippen molar-refractivity contribution < 1.29 is 0 Å². The van der Waals surface area contributed by atoms with Crippen LogP contribution in [0.3, 0.4) is 0 Å². The number of nitrogens with zero attached hydrogens (tertiary/aromatic N) is 1. The molecular weight excluding hydrogens is 567 g/mol. The van der Waals surface area contributed by atoms with E-state index in [0.29, 0.717) is 5.92 Å². The van der Waals surface area contributed by atoms with Crippen molar-refractivity contribution in [2.24, 2.45) is 0 Å².